The normalized spacial score (nSPS) is 24.4. The molecule has 0 spiro atoms. The summed E-state index contributed by atoms with van der Waals surface area (Å²) in [6.07, 6.45) is 3.93. The molecule has 0 N–H and O–H groups in total. The fourth-order valence-corrected chi connectivity index (χ4v) is 1.86. The van der Waals surface area contributed by atoms with Gasteiger partial charge < -0.3 is 4.74 Å². The summed E-state index contributed by atoms with van der Waals surface area (Å²) in [4.78, 5) is 19.0. The van der Waals surface area contributed by atoms with E-state index in [9.17, 15) is 4.79 Å². The smallest absolute Gasteiger partial charge is 0.303 e. The van der Waals surface area contributed by atoms with Gasteiger partial charge in [-0.3, -0.25) is 4.79 Å². The summed E-state index contributed by atoms with van der Waals surface area (Å²) in [7, 11) is 0. The van der Waals surface area contributed by atoms with E-state index in [1.807, 2.05) is 0 Å². The Morgan fingerprint density at radius 1 is 1.64 bits per heavy atom. The first-order chi connectivity index (χ1) is 6.68. The second-order valence-corrected chi connectivity index (χ2v) is 3.60. The molecule has 0 saturated heterocycles. The molecule has 4 nitrogen and oxygen atoms in total. The maximum atomic E-state index is 10.9. The van der Waals surface area contributed by atoms with Crippen molar-refractivity contribution in [1.29, 1.82) is 0 Å². The van der Waals surface area contributed by atoms with Gasteiger partial charge in [-0.05, 0) is 17.9 Å². The zero-order valence-corrected chi connectivity index (χ0v) is 8.23. The van der Waals surface area contributed by atoms with Crippen molar-refractivity contribution in [3.8, 4) is 0 Å². The van der Waals surface area contributed by atoms with E-state index in [1.54, 1.807) is 6.20 Å². The van der Waals surface area contributed by atoms with E-state index in [4.69, 9.17) is 4.74 Å². The number of hydrogen-bond donors (Lipinski definition) is 0. The van der Waals surface area contributed by atoms with Crippen molar-refractivity contribution in [3.63, 3.8) is 0 Å². The molecule has 0 saturated carbocycles. The summed E-state index contributed by atoms with van der Waals surface area (Å²) >= 11 is 0. The average molecular weight is 192 g/mol. The Morgan fingerprint density at radius 3 is 3.14 bits per heavy atom. The molecule has 4 heteroatoms. The minimum atomic E-state index is -0.256. The third-order valence-corrected chi connectivity index (χ3v) is 2.48. The predicted octanol–water partition coefficient (Wildman–Crippen LogP) is 1.59. The van der Waals surface area contributed by atoms with Crippen LogP contribution in [0, 0.1) is 0 Å². The van der Waals surface area contributed by atoms with Gasteiger partial charge in [0, 0.05) is 13.1 Å². The SMILES string of the molecule is CC(=O)OC1C[C@@H](C)c2cncnc21. The molecule has 0 radical (unpaired) electrons. The molecular weight excluding hydrogens is 180 g/mol. The zero-order valence-electron chi connectivity index (χ0n) is 8.23. The van der Waals surface area contributed by atoms with Crippen molar-refractivity contribution in [2.24, 2.45) is 0 Å². The van der Waals surface area contributed by atoms with Crippen LogP contribution in [-0.4, -0.2) is 15.9 Å². The van der Waals surface area contributed by atoms with Gasteiger partial charge in [-0.2, -0.15) is 0 Å². The highest BCUT2D eigenvalue weighted by molar-refractivity contribution is 5.66. The van der Waals surface area contributed by atoms with Crippen LogP contribution in [0.5, 0.6) is 0 Å². The number of nitrogens with zero attached hydrogens (tertiary/aromatic N) is 2. The molecule has 1 aromatic rings. The second-order valence-electron chi connectivity index (χ2n) is 3.60. The molecular formula is C10H12N2O2. The van der Waals surface area contributed by atoms with Crippen molar-refractivity contribution in [2.45, 2.75) is 32.3 Å². The molecule has 0 aromatic carbocycles. The molecule has 0 aliphatic heterocycles. The molecule has 74 valence electrons. The summed E-state index contributed by atoms with van der Waals surface area (Å²) in [5, 5.41) is 0. The molecule has 1 unspecified atom stereocenters. The summed E-state index contributed by atoms with van der Waals surface area (Å²) < 4.78 is 5.18. The molecule has 1 aromatic heterocycles. The lowest BCUT2D eigenvalue weighted by molar-refractivity contribution is -0.146. The number of carbonyl (C=O) groups is 1. The largest absolute Gasteiger partial charge is 0.456 e. The number of aromatic nitrogens is 2. The van der Waals surface area contributed by atoms with Crippen LogP contribution in [0.25, 0.3) is 0 Å². The number of fused-ring (bicyclic) bond motifs is 1. The van der Waals surface area contributed by atoms with Crippen molar-refractivity contribution < 1.29 is 9.53 Å². The molecule has 0 bridgehead atoms. The Kier molecular flexibility index (Phi) is 2.19. The molecule has 2 rings (SSSR count). The second kappa shape index (κ2) is 3.36. The lowest BCUT2D eigenvalue weighted by atomic mass is 10.1. The highest BCUT2D eigenvalue weighted by Gasteiger charge is 2.31. The summed E-state index contributed by atoms with van der Waals surface area (Å²) in [5.41, 5.74) is 1.96. The standard InChI is InChI=1S/C10H12N2O2/c1-6-3-9(14-7(2)13)10-8(6)4-11-5-12-10/h4-6,9H,3H2,1-2H3/t6-,9?/m1/s1. The fourth-order valence-electron chi connectivity index (χ4n) is 1.86. The average Bonchev–Trinajstić information content (AvgIpc) is 2.44. The Hall–Kier alpha value is -1.45. The summed E-state index contributed by atoms with van der Waals surface area (Å²) in [6.45, 7) is 3.51. The fraction of sp³-hybridized carbons (Fsp3) is 0.500. The quantitative estimate of drug-likeness (QED) is 0.634. The zero-order chi connectivity index (χ0) is 10.1. The van der Waals surface area contributed by atoms with Crippen LogP contribution < -0.4 is 0 Å². The molecule has 0 fully saturated rings. The Morgan fingerprint density at radius 2 is 2.43 bits per heavy atom. The van der Waals surface area contributed by atoms with E-state index >= 15 is 0 Å². The highest BCUT2D eigenvalue weighted by atomic mass is 16.5. The first-order valence-corrected chi connectivity index (χ1v) is 4.65. The van der Waals surface area contributed by atoms with Crippen molar-refractivity contribution in [2.75, 3.05) is 0 Å². The van der Waals surface area contributed by atoms with Gasteiger partial charge in [0.2, 0.25) is 0 Å². The number of ether oxygens (including phenoxy) is 1. The molecule has 0 amide bonds. The molecule has 1 aliphatic rings. The van der Waals surface area contributed by atoms with Crippen LogP contribution >= 0.6 is 0 Å². The van der Waals surface area contributed by atoms with Gasteiger partial charge in [0.25, 0.3) is 0 Å². The third-order valence-electron chi connectivity index (χ3n) is 2.48. The van der Waals surface area contributed by atoms with Crippen molar-refractivity contribution >= 4 is 5.97 Å². The van der Waals surface area contributed by atoms with E-state index in [-0.39, 0.29) is 12.1 Å². The topological polar surface area (TPSA) is 52.1 Å². The van der Waals surface area contributed by atoms with Gasteiger partial charge in [0.15, 0.2) is 0 Å². The predicted molar refractivity (Wildman–Crippen MR) is 49.6 cm³/mol. The van der Waals surface area contributed by atoms with E-state index in [0.29, 0.717) is 5.92 Å². The molecule has 2 atom stereocenters. The monoisotopic (exact) mass is 192 g/mol. The number of esters is 1. The van der Waals surface area contributed by atoms with Gasteiger partial charge in [-0.1, -0.05) is 6.92 Å². The molecule has 1 heterocycles. The first kappa shape index (κ1) is 9.12. The van der Waals surface area contributed by atoms with Crippen molar-refractivity contribution in [3.05, 3.63) is 23.8 Å². The van der Waals surface area contributed by atoms with E-state index in [1.165, 1.54) is 13.3 Å². The van der Waals surface area contributed by atoms with E-state index < -0.39 is 0 Å². The maximum absolute atomic E-state index is 10.9. The number of carbonyl (C=O) groups excluding carboxylic acids is 1. The summed E-state index contributed by atoms with van der Waals surface area (Å²) in [5.74, 6) is 0.115. The molecule has 1 aliphatic carbocycles. The molecule has 14 heavy (non-hydrogen) atoms. The van der Waals surface area contributed by atoms with Crippen LogP contribution in [-0.2, 0) is 9.53 Å². The van der Waals surface area contributed by atoms with E-state index in [0.717, 1.165) is 17.7 Å². The van der Waals surface area contributed by atoms with Gasteiger partial charge in [-0.25, -0.2) is 9.97 Å². The Labute approximate surface area is 82.3 Å². The van der Waals surface area contributed by atoms with Crippen molar-refractivity contribution in [1.82, 2.24) is 9.97 Å². The van der Waals surface area contributed by atoms with Gasteiger partial charge in [0.1, 0.15) is 12.4 Å². The van der Waals surface area contributed by atoms with Crippen LogP contribution in [0.1, 0.15) is 43.5 Å². The Bertz CT molecular complexity index is 365. The first-order valence-electron chi connectivity index (χ1n) is 4.65. The number of hydrogen-bond acceptors (Lipinski definition) is 4. The van der Waals surface area contributed by atoms with Crippen LogP contribution in [0.3, 0.4) is 0 Å². The third kappa shape index (κ3) is 1.47. The minimum absolute atomic E-state index is 0.180. The van der Waals surface area contributed by atoms with Crippen LogP contribution in [0.4, 0.5) is 0 Å². The lowest BCUT2D eigenvalue weighted by Crippen LogP contribution is -2.06. The Balaban J connectivity index is 2.29. The van der Waals surface area contributed by atoms with Crippen LogP contribution in [0.15, 0.2) is 12.5 Å². The van der Waals surface area contributed by atoms with Gasteiger partial charge >= 0.3 is 5.97 Å². The van der Waals surface area contributed by atoms with E-state index in [2.05, 4.69) is 16.9 Å². The summed E-state index contributed by atoms with van der Waals surface area (Å²) in [6, 6.07) is 0. The van der Waals surface area contributed by atoms with Gasteiger partial charge in [0.05, 0.1) is 5.69 Å². The minimum Gasteiger partial charge on any atom is -0.456 e. The van der Waals surface area contributed by atoms with Gasteiger partial charge in [-0.15, -0.1) is 0 Å². The highest BCUT2D eigenvalue weighted by Crippen LogP contribution is 2.40. The maximum Gasteiger partial charge on any atom is 0.303 e. The lowest BCUT2D eigenvalue weighted by Gasteiger charge is -2.09. The number of rotatable bonds is 1. The van der Waals surface area contributed by atoms with Crippen LogP contribution in [0.2, 0.25) is 0 Å².